The zero-order chi connectivity index (χ0) is 12.6. The molecule has 4 N–H and O–H groups in total. The zero-order valence-electron chi connectivity index (χ0n) is 8.64. The molecule has 6 nitrogen and oxygen atoms in total. The molecule has 7 heteroatoms. The van der Waals surface area contributed by atoms with Crippen LogP contribution in [-0.2, 0) is 4.79 Å². The lowest BCUT2D eigenvalue weighted by atomic mass is 10.0. The van der Waals surface area contributed by atoms with Gasteiger partial charge in [0.25, 0.3) is 0 Å². The minimum absolute atomic E-state index is 0.0153. The largest absolute Gasteiger partial charge is 0.506 e. The number of fused-ring (bicyclic) bond motifs is 1. The summed E-state index contributed by atoms with van der Waals surface area (Å²) in [6, 6.07) is 0.144. The van der Waals surface area contributed by atoms with Crippen LogP contribution in [-0.4, -0.2) is 29.4 Å². The van der Waals surface area contributed by atoms with Crippen molar-refractivity contribution in [3.8, 4) is 17.2 Å². The van der Waals surface area contributed by atoms with E-state index >= 15 is 0 Å². The maximum absolute atomic E-state index is 10.9. The summed E-state index contributed by atoms with van der Waals surface area (Å²) in [4.78, 5) is 10.9. The molecule has 0 aromatic heterocycles. The molecule has 1 heterocycles. The molecule has 0 bridgehead atoms. The van der Waals surface area contributed by atoms with Crippen LogP contribution in [0.5, 0.6) is 17.2 Å². The van der Waals surface area contributed by atoms with Gasteiger partial charge in [0.05, 0.1) is 10.0 Å². The highest BCUT2D eigenvalue weighted by Gasteiger charge is 2.29. The van der Waals surface area contributed by atoms with E-state index in [0.29, 0.717) is 16.8 Å². The summed E-state index contributed by atoms with van der Waals surface area (Å²) in [5.74, 6) is -0.946. The topological polar surface area (TPSA) is 102 Å². The van der Waals surface area contributed by atoms with Crippen molar-refractivity contribution < 1.29 is 24.5 Å². The van der Waals surface area contributed by atoms with Gasteiger partial charge in [-0.3, -0.25) is 4.79 Å². The van der Waals surface area contributed by atoms with E-state index in [2.05, 4.69) is 15.9 Å². The van der Waals surface area contributed by atoms with Crippen molar-refractivity contribution in [2.75, 3.05) is 13.2 Å². The number of rotatable bonds is 2. The second-order valence-corrected chi connectivity index (χ2v) is 4.32. The van der Waals surface area contributed by atoms with E-state index in [9.17, 15) is 9.90 Å². The first-order valence-corrected chi connectivity index (χ1v) is 5.61. The van der Waals surface area contributed by atoms with E-state index in [-0.39, 0.29) is 23.7 Å². The molecule has 1 atom stereocenters. The molecular formula is C10H10BrNO5. The van der Waals surface area contributed by atoms with Gasteiger partial charge in [-0.05, 0) is 15.9 Å². The van der Waals surface area contributed by atoms with E-state index < -0.39 is 12.0 Å². The van der Waals surface area contributed by atoms with Gasteiger partial charge in [0.2, 0.25) is 0 Å². The Morgan fingerprint density at radius 2 is 2.12 bits per heavy atom. The highest BCUT2D eigenvalue weighted by atomic mass is 79.9. The lowest BCUT2D eigenvalue weighted by Gasteiger charge is -2.23. The van der Waals surface area contributed by atoms with Crippen LogP contribution in [0, 0.1) is 0 Å². The molecular weight excluding hydrogens is 294 g/mol. The summed E-state index contributed by atoms with van der Waals surface area (Å²) < 4.78 is 10.9. The maximum atomic E-state index is 10.9. The fourth-order valence-electron chi connectivity index (χ4n) is 1.58. The number of phenolic OH excluding ortho intramolecular Hbond substituents is 1. The van der Waals surface area contributed by atoms with Gasteiger partial charge >= 0.3 is 5.97 Å². The summed E-state index contributed by atoms with van der Waals surface area (Å²) in [5, 5.41) is 18.8. The summed E-state index contributed by atoms with van der Waals surface area (Å²) in [5.41, 5.74) is 5.53. The number of nitrogens with two attached hydrogens (primary N) is 1. The van der Waals surface area contributed by atoms with Crippen molar-refractivity contribution in [2.24, 2.45) is 5.73 Å². The number of carbonyl (C=O) groups is 1. The average molecular weight is 304 g/mol. The first-order chi connectivity index (χ1) is 8.02. The van der Waals surface area contributed by atoms with Crippen LogP contribution in [0.4, 0.5) is 0 Å². The molecule has 1 aromatic carbocycles. The number of carboxylic acids is 1. The van der Waals surface area contributed by atoms with Crippen molar-refractivity contribution in [2.45, 2.75) is 6.04 Å². The highest BCUT2D eigenvalue weighted by molar-refractivity contribution is 9.10. The Balaban J connectivity index is 2.62. The number of carboxylic acid groups (broad SMARTS) is 1. The molecule has 92 valence electrons. The van der Waals surface area contributed by atoms with Crippen molar-refractivity contribution in [3.63, 3.8) is 0 Å². The van der Waals surface area contributed by atoms with Gasteiger partial charge in [-0.15, -0.1) is 0 Å². The minimum atomic E-state index is -1.37. The quantitative estimate of drug-likeness (QED) is 0.753. The second kappa shape index (κ2) is 4.42. The molecule has 0 spiro atoms. The number of benzene rings is 1. The van der Waals surface area contributed by atoms with Gasteiger partial charge in [-0.1, -0.05) is 0 Å². The van der Waals surface area contributed by atoms with Gasteiger partial charge < -0.3 is 25.4 Å². The fraction of sp³-hybridized carbons (Fsp3) is 0.300. The second-order valence-electron chi connectivity index (χ2n) is 3.46. The molecule has 0 saturated carbocycles. The van der Waals surface area contributed by atoms with Gasteiger partial charge in [-0.2, -0.15) is 0 Å². The molecule has 0 radical (unpaired) electrons. The Morgan fingerprint density at radius 1 is 1.47 bits per heavy atom. The Kier molecular flexibility index (Phi) is 3.12. The van der Waals surface area contributed by atoms with E-state index in [4.69, 9.17) is 20.3 Å². The SMILES string of the molecule is NC(C(=O)O)c1c(O)c(Br)cc2c1OCCO2. The standard InChI is InChI=1S/C10H10BrNO5/c11-4-3-5-9(17-2-1-16-5)6(8(4)13)7(12)10(14)15/h3,7,13H,1-2,12H2,(H,14,15). The third kappa shape index (κ3) is 2.03. The smallest absolute Gasteiger partial charge is 0.325 e. The monoisotopic (exact) mass is 303 g/mol. The number of aliphatic carboxylic acids is 1. The van der Waals surface area contributed by atoms with Crippen LogP contribution in [0.1, 0.15) is 11.6 Å². The predicted octanol–water partition coefficient (Wildman–Crippen LogP) is 1.01. The van der Waals surface area contributed by atoms with Crippen LogP contribution >= 0.6 is 15.9 Å². The molecule has 0 fully saturated rings. The van der Waals surface area contributed by atoms with Crippen molar-refractivity contribution in [1.82, 2.24) is 0 Å². The molecule has 0 aliphatic carbocycles. The highest BCUT2D eigenvalue weighted by Crippen LogP contribution is 2.46. The summed E-state index contributed by atoms with van der Waals surface area (Å²) >= 11 is 3.11. The van der Waals surface area contributed by atoms with Crippen LogP contribution < -0.4 is 15.2 Å². The molecule has 1 aromatic rings. The van der Waals surface area contributed by atoms with Crippen LogP contribution in [0.2, 0.25) is 0 Å². The third-order valence-electron chi connectivity index (χ3n) is 2.37. The van der Waals surface area contributed by atoms with Gasteiger partial charge in [0, 0.05) is 6.07 Å². The molecule has 1 unspecified atom stereocenters. The average Bonchev–Trinajstić information content (AvgIpc) is 2.30. The van der Waals surface area contributed by atoms with Crippen LogP contribution in [0.3, 0.4) is 0 Å². The Hall–Kier alpha value is -1.47. The van der Waals surface area contributed by atoms with E-state index in [1.807, 2.05) is 0 Å². The van der Waals surface area contributed by atoms with Gasteiger partial charge in [-0.25, -0.2) is 0 Å². The molecule has 2 rings (SSSR count). The Morgan fingerprint density at radius 3 is 2.76 bits per heavy atom. The molecule has 1 aliphatic rings. The summed E-state index contributed by atoms with van der Waals surface area (Å²) in [6.07, 6.45) is 0. The number of aromatic hydroxyl groups is 1. The van der Waals surface area contributed by atoms with Crippen LogP contribution in [0.25, 0.3) is 0 Å². The van der Waals surface area contributed by atoms with E-state index in [1.165, 1.54) is 6.07 Å². The lowest BCUT2D eigenvalue weighted by Crippen LogP contribution is -2.24. The fourth-order valence-corrected chi connectivity index (χ4v) is 2.00. The zero-order valence-corrected chi connectivity index (χ0v) is 10.2. The predicted molar refractivity (Wildman–Crippen MR) is 61.4 cm³/mol. The van der Waals surface area contributed by atoms with E-state index in [1.54, 1.807) is 0 Å². The number of ether oxygens (including phenoxy) is 2. The van der Waals surface area contributed by atoms with Crippen molar-refractivity contribution in [1.29, 1.82) is 0 Å². The lowest BCUT2D eigenvalue weighted by molar-refractivity contribution is -0.138. The number of phenols is 1. The summed E-state index contributed by atoms with van der Waals surface area (Å²) in [7, 11) is 0. The number of hydrogen-bond acceptors (Lipinski definition) is 5. The third-order valence-corrected chi connectivity index (χ3v) is 2.98. The van der Waals surface area contributed by atoms with Crippen LogP contribution in [0.15, 0.2) is 10.5 Å². The maximum Gasteiger partial charge on any atom is 0.325 e. The first kappa shape index (κ1) is 12.0. The number of hydrogen-bond donors (Lipinski definition) is 3. The van der Waals surface area contributed by atoms with Crippen molar-refractivity contribution >= 4 is 21.9 Å². The Labute approximate surface area is 105 Å². The van der Waals surface area contributed by atoms with Gasteiger partial charge in [0.15, 0.2) is 11.5 Å². The molecule has 0 amide bonds. The normalized spacial score (nSPS) is 15.4. The minimum Gasteiger partial charge on any atom is -0.506 e. The van der Waals surface area contributed by atoms with Crippen molar-refractivity contribution in [3.05, 3.63) is 16.1 Å². The first-order valence-electron chi connectivity index (χ1n) is 4.81. The molecule has 17 heavy (non-hydrogen) atoms. The number of halogens is 1. The van der Waals surface area contributed by atoms with Gasteiger partial charge in [0.1, 0.15) is 25.0 Å². The molecule has 1 aliphatic heterocycles. The van der Waals surface area contributed by atoms with E-state index in [0.717, 1.165) is 0 Å². The summed E-state index contributed by atoms with van der Waals surface area (Å²) in [6.45, 7) is 0.652. The molecule has 0 saturated heterocycles. The Bertz CT molecular complexity index is 476.